The molecule has 2 aromatic rings. The minimum absolute atomic E-state index is 0.00710. The van der Waals surface area contributed by atoms with Crippen LogP contribution in [0.5, 0.6) is 0 Å². The molecule has 6 atom stereocenters. The fourth-order valence-electron chi connectivity index (χ4n) is 5.05. The van der Waals surface area contributed by atoms with Crippen LogP contribution in [-0.2, 0) is 65.4 Å². The van der Waals surface area contributed by atoms with E-state index in [4.69, 9.17) is 28.4 Å². The van der Waals surface area contributed by atoms with E-state index >= 15 is 0 Å². The van der Waals surface area contributed by atoms with E-state index in [9.17, 15) is 28.8 Å². The second-order valence-corrected chi connectivity index (χ2v) is 18.3. The highest BCUT2D eigenvalue weighted by Crippen LogP contribution is 2.33. The van der Waals surface area contributed by atoms with Crippen molar-refractivity contribution in [1.29, 1.82) is 0 Å². The molecule has 0 bridgehead atoms. The smallest absolute Gasteiger partial charge is 0.408 e. The highest BCUT2D eigenvalue weighted by Gasteiger charge is 2.55. The van der Waals surface area contributed by atoms with Crippen molar-refractivity contribution in [2.24, 2.45) is 21.7 Å². The van der Waals surface area contributed by atoms with Crippen molar-refractivity contribution < 1.29 is 57.2 Å². The van der Waals surface area contributed by atoms with Gasteiger partial charge in [-0.25, -0.2) is 4.79 Å². The van der Waals surface area contributed by atoms with Crippen LogP contribution in [-0.4, -0.2) is 79.2 Å². The van der Waals surface area contributed by atoms with E-state index in [1.165, 1.54) is 0 Å². The summed E-state index contributed by atoms with van der Waals surface area (Å²) < 4.78 is 35.5. The molecule has 0 unspecified atom stereocenters. The van der Waals surface area contributed by atoms with Crippen LogP contribution in [0.1, 0.15) is 94.2 Å². The van der Waals surface area contributed by atoms with Gasteiger partial charge in [-0.3, -0.25) is 24.0 Å². The standard InChI is InChI=1S/C43H60N2O12/c1-40(2,3)35(47)52-25-29-30(55-36(48)41(4,5)6)31(56-37(49)42(7,8)9)32(57-38(50)43(10,11)12)34(54-29)45-33(46)28(23-26-19-15-13-16-20-26)44-39(51)53-24-27-21-17-14-18-22-27/h13-22,28-32,34H,23-25H2,1-12H3,(H,44,51)(H,45,46)/t28-,29-,30+,31+,32-,34-/m1/s1. The zero-order valence-corrected chi connectivity index (χ0v) is 35.3. The summed E-state index contributed by atoms with van der Waals surface area (Å²) in [5.74, 6) is -3.62. The van der Waals surface area contributed by atoms with Crippen molar-refractivity contribution in [1.82, 2.24) is 10.6 Å². The van der Waals surface area contributed by atoms with Gasteiger partial charge in [-0.2, -0.15) is 0 Å². The van der Waals surface area contributed by atoms with E-state index in [-0.39, 0.29) is 13.0 Å². The number of hydrogen-bond acceptors (Lipinski definition) is 12. The van der Waals surface area contributed by atoms with E-state index in [0.29, 0.717) is 5.56 Å². The lowest BCUT2D eigenvalue weighted by Crippen LogP contribution is -2.68. The number of rotatable bonds is 12. The summed E-state index contributed by atoms with van der Waals surface area (Å²) in [4.78, 5) is 81.3. The Labute approximate surface area is 336 Å². The molecule has 3 rings (SSSR count). The number of ether oxygens (including phenoxy) is 6. The first-order chi connectivity index (χ1) is 26.3. The molecule has 14 heteroatoms. The zero-order valence-electron chi connectivity index (χ0n) is 35.3. The third-order valence-corrected chi connectivity index (χ3v) is 8.58. The maximum Gasteiger partial charge on any atom is 0.408 e. The molecule has 1 heterocycles. The predicted molar refractivity (Wildman–Crippen MR) is 209 cm³/mol. The van der Waals surface area contributed by atoms with Gasteiger partial charge in [-0.15, -0.1) is 0 Å². The van der Waals surface area contributed by atoms with Crippen LogP contribution in [0.2, 0.25) is 0 Å². The first-order valence-corrected chi connectivity index (χ1v) is 19.0. The maximum absolute atomic E-state index is 14.4. The molecule has 2 amide bonds. The Bertz CT molecular complexity index is 1700. The number of benzene rings is 2. The second-order valence-electron chi connectivity index (χ2n) is 18.3. The highest BCUT2D eigenvalue weighted by atomic mass is 16.7. The number of nitrogens with one attached hydrogen (secondary N) is 2. The van der Waals surface area contributed by atoms with Gasteiger partial charge in [-0.1, -0.05) is 60.7 Å². The zero-order chi connectivity index (χ0) is 42.9. The summed E-state index contributed by atoms with van der Waals surface area (Å²) in [5.41, 5.74) is -2.75. The van der Waals surface area contributed by atoms with Crippen LogP contribution in [0.4, 0.5) is 4.79 Å². The van der Waals surface area contributed by atoms with Gasteiger partial charge in [0.05, 0.1) is 21.7 Å². The Morgan fingerprint density at radius 3 is 1.49 bits per heavy atom. The highest BCUT2D eigenvalue weighted by molar-refractivity contribution is 5.86. The average molecular weight is 797 g/mol. The molecule has 1 aliphatic heterocycles. The summed E-state index contributed by atoms with van der Waals surface area (Å²) in [6.07, 6.45) is -8.50. The van der Waals surface area contributed by atoms with Gasteiger partial charge in [-0.05, 0) is 94.2 Å². The monoisotopic (exact) mass is 796 g/mol. The summed E-state index contributed by atoms with van der Waals surface area (Å²) in [7, 11) is 0. The topological polar surface area (TPSA) is 182 Å². The van der Waals surface area contributed by atoms with Gasteiger partial charge in [0.2, 0.25) is 5.91 Å². The fourth-order valence-corrected chi connectivity index (χ4v) is 5.05. The van der Waals surface area contributed by atoms with Crippen LogP contribution in [0, 0.1) is 21.7 Å². The third-order valence-electron chi connectivity index (χ3n) is 8.58. The number of carbonyl (C=O) groups excluding carboxylic acids is 6. The fraction of sp³-hybridized carbons (Fsp3) is 0.581. The van der Waals surface area contributed by atoms with E-state index in [1.54, 1.807) is 138 Å². The van der Waals surface area contributed by atoms with Gasteiger partial charge in [0.1, 0.15) is 25.4 Å². The van der Waals surface area contributed by atoms with Crippen molar-refractivity contribution >= 4 is 35.9 Å². The minimum Gasteiger partial charge on any atom is -0.462 e. The van der Waals surface area contributed by atoms with Gasteiger partial charge in [0, 0.05) is 6.42 Å². The predicted octanol–water partition coefficient (Wildman–Crippen LogP) is 5.83. The molecule has 1 fully saturated rings. The van der Waals surface area contributed by atoms with Gasteiger partial charge < -0.3 is 39.1 Å². The number of hydrogen-bond donors (Lipinski definition) is 2. The van der Waals surface area contributed by atoms with Crippen LogP contribution >= 0.6 is 0 Å². The van der Waals surface area contributed by atoms with E-state index in [1.807, 2.05) is 6.07 Å². The van der Waals surface area contributed by atoms with Gasteiger partial charge >= 0.3 is 30.0 Å². The normalized spacial score (nSPS) is 20.6. The molecule has 2 aromatic carbocycles. The third kappa shape index (κ3) is 14.2. The van der Waals surface area contributed by atoms with Crippen molar-refractivity contribution in [3.63, 3.8) is 0 Å². The molecule has 14 nitrogen and oxygen atoms in total. The second kappa shape index (κ2) is 19.0. The number of carbonyl (C=O) groups is 6. The molecule has 0 radical (unpaired) electrons. The average Bonchev–Trinajstić information content (AvgIpc) is 3.10. The van der Waals surface area contributed by atoms with Crippen molar-refractivity contribution in [3.05, 3.63) is 71.8 Å². The molecule has 1 saturated heterocycles. The van der Waals surface area contributed by atoms with Crippen LogP contribution in [0.3, 0.4) is 0 Å². The Hall–Kier alpha value is -4.98. The summed E-state index contributed by atoms with van der Waals surface area (Å²) in [5, 5.41) is 5.37. The van der Waals surface area contributed by atoms with Crippen molar-refractivity contribution in [2.75, 3.05) is 6.61 Å². The Balaban J connectivity index is 2.12. The lowest BCUT2D eigenvalue weighted by Gasteiger charge is -2.46. The summed E-state index contributed by atoms with van der Waals surface area (Å²) >= 11 is 0. The Kier molecular flexibility index (Phi) is 15.4. The van der Waals surface area contributed by atoms with Crippen LogP contribution < -0.4 is 10.6 Å². The molecule has 0 spiro atoms. The molecule has 0 aliphatic carbocycles. The van der Waals surface area contributed by atoms with Crippen LogP contribution in [0.25, 0.3) is 0 Å². The molecule has 0 aromatic heterocycles. The minimum atomic E-state index is -1.61. The molecular weight excluding hydrogens is 736 g/mol. The maximum atomic E-state index is 14.4. The van der Waals surface area contributed by atoms with Gasteiger partial charge in [0.25, 0.3) is 0 Å². The number of esters is 4. The number of alkyl carbamates (subject to hydrolysis) is 1. The lowest BCUT2D eigenvalue weighted by atomic mass is 9.92. The first kappa shape index (κ1) is 46.4. The number of amides is 2. The van der Waals surface area contributed by atoms with Crippen LogP contribution in [0.15, 0.2) is 60.7 Å². The van der Waals surface area contributed by atoms with Crippen molar-refractivity contribution in [2.45, 2.75) is 133 Å². The van der Waals surface area contributed by atoms with Crippen molar-refractivity contribution in [3.8, 4) is 0 Å². The van der Waals surface area contributed by atoms with E-state index in [0.717, 1.165) is 5.56 Å². The molecule has 0 saturated carbocycles. The molecule has 314 valence electrons. The lowest BCUT2D eigenvalue weighted by molar-refractivity contribution is -0.264. The van der Waals surface area contributed by atoms with Gasteiger partial charge in [0.15, 0.2) is 24.5 Å². The molecule has 57 heavy (non-hydrogen) atoms. The summed E-state index contributed by atoms with van der Waals surface area (Å²) in [6, 6.07) is 16.6. The summed E-state index contributed by atoms with van der Waals surface area (Å²) in [6.45, 7) is 18.9. The Morgan fingerprint density at radius 1 is 0.579 bits per heavy atom. The largest absolute Gasteiger partial charge is 0.462 e. The molecule has 2 N–H and O–H groups in total. The first-order valence-electron chi connectivity index (χ1n) is 19.0. The Morgan fingerprint density at radius 2 is 1.02 bits per heavy atom. The molecular formula is C43H60N2O12. The quantitative estimate of drug-likeness (QED) is 0.194. The van der Waals surface area contributed by atoms with E-state index < -0.39 is 101 Å². The van der Waals surface area contributed by atoms with E-state index in [2.05, 4.69) is 10.6 Å². The SMILES string of the molecule is CC(C)(C)C(=O)OC[C@H]1O[C@@H](NC(=O)[C@@H](Cc2ccccc2)NC(=O)OCc2ccccc2)[C@H](OC(=O)C(C)(C)C)[C@@H](OC(=O)C(C)(C)C)[C@H]1OC(=O)C(C)(C)C. The molecule has 1 aliphatic rings.